The predicted octanol–water partition coefficient (Wildman–Crippen LogP) is 3.25. The summed E-state index contributed by atoms with van der Waals surface area (Å²) in [5.41, 5.74) is 6.94. The summed E-state index contributed by atoms with van der Waals surface area (Å²) in [5.74, 6) is 0.779. The van der Waals surface area contributed by atoms with Crippen LogP contribution in [0.2, 0.25) is 0 Å². The Hall–Kier alpha value is -0.780. The smallest absolute Gasteiger partial charge is 0.169 e. The second-order valence-electron chi connectivity index (χ2n) is 3.85. The average molecular weight is 312 g/mol. The Labute approximate surface area is 113 Å². The van der Waals surface area contributed by atoms with Gasteiger partial charge in [-0.2, -0.15) is 0 Å². The predicted molar refractivity (Wildman–Crippen MR) is 75.0 cm³/mol. The highest BCUT2D eigenvalue weighted by atomic mass is 79.9. The van der Waals surface area contributed by atoms with Crippen LogP contribution in [-0.2, 0) is 6.42 Å². The van der Waals surface area contributed by atoms with Gasteiger partial charge in [0.2, 0.25) is 0 Å². The Balaban J connectivity index is 2.22. The minimum Gasteiger partial charge on any atom is -0.327 e. The molecule has 2 N–H and O–H groups in total. The van der Waals surface area contributed by atoms with Crippen molar-refractivity contribution < 1.29 is 0 Å². The van der Waals surface area contributed by atoms with Crippen molar-refractivity contribution in [3.05, 3.63) is 33.9 Å². The van der Waals surface area contributed by atoms with Crippen LogP contribution < -0.4 is 5.73 Å². The number of rotatable bonds is 4. The lowest BCUT2D eigenvalue weighted by molar-refractivity contribution is 0.636. The SMILES string of the molecule is CCC(N)Cc1ccnc(-c2ccc(Br)s2)n1. The van der Waals surface area contributed by atoms with E-state index < -0.39 is 0 Å². The molecular formula is C12H14BrN3S. The second kappa shape index (κ2) is 5.71. The molecule has 0 spiro atoms. The van der Waals surface area contributed by atoms with Crippen LogP contribution in [0.15, 0.2) is 28.2 Å². The van der Waals surface area contributed by atoms with Crippen molar-refractivity contribution in [3.63, 3.8) is 0 Å². The normalized spacial score (nSPS) is 12.6. The van der Waals surface area contributed by atoms with E-state index in [9.17, 15) is 0 Å². The largest absolute Gasteiger partial charge is 0.327 e. The first-order valence-corrected chi connectivity index (χ1v) is 7.13. The molecule has 2 aromatic heterocycles. The van der Waals surface area contributed by atoms with E-state index in [2.05, 4.69) is 32.8 Å². The zero-order valence-electron chi connectivity index (χ0n) is 9.56. The number of halogens is 1. The van der Waals surface area contributed by atoms with Gasteiger partial charge in [0, 0.05) is 24.4 Å². The fourth-order valence-electron chi connectivity index (χ4n) is 1.48. The zero-order valence-corrected chi connectivity index (χ0v) is 12.0. The van der Waals surface area contributed by atoms with Gasteiger partial charge in [0.15, 0.2) is 5.82 Å². The van der Waals surface area contributed by atoms with Gasteiger partial charge in [0.25, 0.3) is 0 Å². The number of nitrogens with two attached hydrogens (primary N) is 1. The van der Waals surface area contributed by atoms with Crippen LogP contribution in [0.1, 0.15) is 19.0 Å². The third-order valence-corrected chi connectivity index (χ3v) is 4.12. The Morgan fingerprint density at radius 2 is 2.24 bits per heavy atom. The van der Waals surface area contributed by atoms with Crippen molar-refractivity contribution in [2.45, 2.75) is 25.8 Å². The molecule has 2 rings (SSSR count). The molecule has 2 heterocycles. The Morgan fingerprint density at radius 1 is 1.41 bits per heavy atom. The third-order valence-electron chi connectivity index (χ3n) is 2.50. The van der Waals surface area contributed by atoms with Crippen LogP contribution in [0.25, 0.3) is 10.7 Å². The quantitative estimate of drug-likeness (QED) is 0.943. The van der Waals surface area contributed by atoms with E-state index in [-0.39, 0.29) is 6.04 Å². The molecule has 0 bridgehead atoms. The Morgan fingerprint density at radius 3 is 2.88 bits per heavy atom. The maximum atomic E-state index is 5.93. The molecule has 0 radical (unpaired) electrons. The molecule has 0 saturated carbocycles. The van der Waals surface area contributed by atoms with Gasteiger partial charge in [-0.15, -0.1) is 11.3 Å². The molecule has 17 heavy (non-hydrogen) atoms. The lowest BCUT2D eigenvalue weighted by Crippen LogP contribution is -2.22. The standard InChI is InChI=1S/C12H14BrN3S/c1-2-8(14)7-9-5-6-15-12(16-9)10-3-4-11(13)17-10/h3-6,8H,2,7,14H2,1H3. The van der Waals surface area contributed by atoms with Gasteiger partial charge in [-0.1, -0.05) is 6.92 Å². The van der Waals surface area contributed by atoms with Gasteiger partial charge in [0.05, 0.1) is 8.66 Å². The molecule has 1 atom stereocenters. The fourth-order valence-corrected chi connectivity index (χ4v) is 2.80. The summed E-state index contributed by atoms with van der Waals surface area (Å²) in [6, 6.07) is 6.14. The zero-order chi connectivity index (χ0) is 12.3. The summed E-state index contributed by atoms with van der Waals surface area (Å²) in [6.07, 6.45) is 3.57. The van der Waals surface area contributed by atoms with E-state index in [0.717, 1.165) is 33.0 Å². The molecule has 2 aromatic rings. The molecule has 0 saturated heterocycles. The van der Waals surface area contributed by atoms with Crippen molar-refractivity contribution >= 4 is 27.3 Å². The summed E-state index contributed by atoms with van der Waals surface area (Å²) in [6.45, 7) is 2.09. The molecule has 0 aliphatic carbocycles. The van der Waals surface area contributed by atoms with Crippen molar-refractivity contribution in [2.24, 2.45) is 5.73 Å². The second-order valence-corrected chi connectivity index (χ2v) is 6.31. The summed E-state index contributed by atoms with van der Waals surface area (Å²) >= 11 is 5.08. The number of hydrogen-bond acceptors (Lipinski definition) is 4. The third kappa shape index (κ3) is 3.34. The van der Waals surface area contributed by atoms with Crippen molar-refractivity contribution in [2.75, 3.05) is 0 Å². The number of nitrogens with zero attached hydrogens (tertiary/aromatic N) is 2. The lowest BCUT2D eigenvalue weighted by atomic mass is 10.1. The van der Waals surface area contributed by atoms with E-state index in [1.54, 1.807) is 17.5 Å². The Kier molecular flexibility index (Phi) is 4.25. The van der Waals surface area contributed by atoms with Crippen LogP contribution in [0, 0.1) is 0 Å². The molecule has 90 valence electrons. The highest BCUT2D eigenvalue weighted by Gasteiger charge is 2.07. The topological polar surface area (TPSA) is 51.8 Å². The van der Waals surface area contributed by atoms with Crippen molar-refractivity contribution in [3.8, 4) is 10.7 Å². The molecule has 0 aliphatic heterocycles. The first-order chi connectivity index (χ1) is 8.19. The van der Waals surface area contributed by atoms with Crippen LogP contribution in [0.3, 0.4) is 0 Å². The molecule has 0 amide bonds. The number of hydrogen-bond donors (Lipinski definition) is 1. The van der Waals surface area contributed by atoms with Gasteiger partial charge in [-0.25, -0.2) is 9.97 Å². The average Bonchev–Trinajstić information content (AvgIpc) is 2.76. The van der Waals surface area contributed by atoms with E-state index in [4.69, 9.17) is 5.73 Å². The van der Waals surface area contributed by atoms with Crippen molar-refractivity contribution in [1.82, 2.24) is 9.97 Å². The van der Waals surface area contributed by atoms with Gasteiger partial charge in [0.1, 0.15) is 0 Å². The number of aromatic nitrogens is 2. The van der Waals surface area contributed by atoms with E-state index in [1.165, 1.54) is 0 Å². The van der Waals surface area contributed by atoms with Gasteiger partial charge >= 0.3 is 0 Å². The summed E-state index contributed by atoms with van der Waals surface area (Å²) < 4.78 is 1.09. The minimum atomic E-state index is 0.174. The van der Waals surface area contributed by atoms with Crippen LogP contribution >= 0.6 is 27.3 Å². The van der Waals surface area contributed by atoms with E-state index >= 15 is 0 Å². The van der Waals surface area contributed by atoms with E-state index in [0.29, 0.717) is 0 Å². The fraction of sp³-hybridized carbons (Fsp3) is 0.333. The molecule has 0 aromatic carbocycles. The van der Waals surface area contributed by atoms with Crippen LogP contribution in [-0.4, -0.2) is 16.0 Å². The molecule has 0 fully saturated rings. The van der Waals surface area contributed by atoms with Crippen LogP contribution in [0.5, 0.6) is 0 Å². The molecule has 0 aliphatic rings. The molecule has 3 nitrogen and oxygen atoms in total. The number of thiophene rings is 1. The first kappa shape index (κ1) is 12.7. The van der Waals surface area contributed by atoms with Crippen LogP contribution in [0.4, 0.5) is 0 Å². The molecule has 5 heteroatoms. The summed E-state index contributed by atoms with van der Waals surface area (Å²) in [4.78, 5) is 9.91. The van der Waals surface area contributed by atoms with Crippen molar-refractivity contribution in [1.29, 1.82) is 0 Å². The monoisotopic (exact) mass is 311 g/mol. The summed E-state index contributed by atoms with van der Waals surface area (Å²) in [7, 11) is 0. The van der Waals surface area contributed by atoms with Gasteiger partial charge in [-0.05, 0) is 40.5 Å². The summed E-state index contributed by atoms with van der Waals surface area (Å²) in [5, 5.41) is 0. The maximum absolute atomic E-state index is 5.93. The lowest BCUT2D eigenvalue weighted by Gasteiger charge is -2.08. The molecule has 1 unspecified atom stereocenters. The highest BCUT2D eigenvalue weighted by Crippen LogP contribution is 2.28. The minimum absolute atomic E-state index is 0.174. The maximum Gasteiger partial charge on any atom is 0.169 e. The first-order valence-electron chi connectivity index (χ1n) is 5.52. The molecular weight excluding hydrogens is 298 g/mol. The highest BCUT2D eigenvalue weighted by molar-refractivity contribution is 9.11. The Bertz CT molecular complexity index is 498. The van der Waals surface area contributed by atoms with Gasteiger partial charge < -0.3 is 5.73 Å². The van der Waals surface area contributed by atoms with Gasteiger partial charge in [-0.3, -0.25) is 0 Å². The van der Waals surface area contributed by atoms with E-state index in [1.807, 2.05) is 18.2 Å².